The second-order valence-corrected chi connectivity index (χ2v) is 3.81. The topological polar surface area (TPSA) is 56.6 Å². The Hall–Kier alpha value is -1.36. The maximum atomic E-state index is 11.6. The van der Waals surface area contributed by atoms with Crippen molar-refractivity contribution in [2.24, 2.45) is 7.05 Å². The molecule has 0 N–H and O–H groups in total. The number of aromatic nitrogens is 2. The molecule has 1 unspecified atom stereocenters. The van der Waals surface area contributed by atoms with Crippen molar-refractivity contribution in [1.29, 1.82) is 0 Å². The van der Waals surface area contributed by atoms with E-state index < -0.39 is 0 Å². The molecule has 1 fully saturated rings. The SMILES string of the molecule is CCOC(=O)c1nn(C)cc1C1(C)CO1. The van der Waals surface area contributed by atoms with Gasteiger partial charge < -0.3 is 9.47 Å². The van der Waals surface area contributed by atoms with E-state index in [1.807, 2.05) is 6.92 Å². The van der Waals surface area contributed by atoms with Crippen molar-refractivity contribution in [1.82, 2.24) is 9.78 Å². The largest absolute Gasteiger partial charge is 0.461 e. The van der Waals surface area contributed by atoms with Crippen LogP contribution < -0.4 is 0 Å². The van der Waals surface area contributed by atoms with Crippen LogP contribution in [0.1, 0.15) is 29.9 Å². The first-order valence-corrected chi connectivity index (χ1v) is 4.92. The lowest BCUT2D eigenvalue weighted by Gasteiger charge is -2.04. The highest BCUT2D eigenvalue weighted by Crippen LogP contribution is 2.39. The maximum absolute atomic E-state index is 11.6. The fourth-order valence-corrected chi connectivity index (χ4v) is 1.49. The summed E-state index contributed by atoms with van der Waals surface area (Å²) in [5.74, 6) is -0.384. The third-order valence-corrected chi connectivity index (χ3v) is 2.44. The Morgan fingerprint density at radius 3 is 3.00 bits per heavy atom. The molecule has 1 saturated heterocycles. The van der Waals surface area contributed by atoms with Crippen LogP contribution in [-0.2, 0) is 22.1 Å². The normalized spacial score (nSPS) is 23.9. The summed E-state index contributed by atoms with van der Waals surface area (Å²) in [4.78, 5) is 11.6. The predicted octanol–water partition coefficient (Wildman–Crippen LogP) is 0.842. The fraction of sp³-hybridized carbons (Fsp3) is 0.600. The lowest BCUT2D eigenvalue weighted by Crippen LogP contribution is -2.12. The van der Waals surface area contributed by atoms with Gasteiger partial charge in [-0.15, -0.1) is 0 Å². The van der Waals surface area contributed by atoms with Crippen molar-refractivity contribution in [3.05, 3.63) is 17.5 Å². The van der Waals surface area contributed by atoms with Crippen LogP contribution >= 0.6 is 0 Å². The average molecular weight is 210 g/mol. The molecule has 0 bridgehead atoms. The minimum atomic E-state index is -0.384. The smallest absolute Gasteiger partial charge is 0.359 e. The third kappa shape index (κ3) is 1.74. The van der Waals surface area contributed by atoms with Crippen LogP contribution in [0.15, 0.2) is 6.20 Å². The van der Waals surface area contributed by atoms with Gasteiger partial charge in [0.05, 0.1) is 13.2 Å². The number of hydrogen-bond acceptors (Lipinski definition) is 4. The molecule has 2 heterocycles. The van der Waals surface area contributed by atoms with E-state index in [0.29, 0.717) is 18.9 Å². The van der Waals surface area contributed by atoms with E-state index in [9.17, 15) is 4.79 Å². The molecule has 1 aliphatic rings. The number of carbonyl (C=O) groups is 1. The molecule has 5 heteroatoms. The molecule has 5 nitrogen and oxygen atoms in total. The summed E-state index contributed by atoms with van der Waals surface area (Å²) >= 11 is 0. The molecule has 0 saturated carbocycles. The van der Waals surface area contributed by atoms with Gasteiger partial charge in [-0.1, -0.05) is 0 Å². The van der Waals surface area contributed by atoms with Gasteiger partial charge in [0.15, 0.2) is 5.69 Å². The van der Waals surface area contributed by atoms with Crippen molar-refractivity contribution < 1.29 is 14.3 Å². The summed E-state index contributed by atoms with van der Waals surface area (Å²) < 4.78 is 11.8. The molecule has 0 spiro atoms. The Balaban J connectivity index is 2.33. The van der Waals surface area contributed by atoms with E-state index in [4.69, 9.17) is 9.47 Å². The van der Waals surface area contributed by atoms with E-state index in [1.54, 1.807) is 24.9 Å². The summed E-state index contributed by atoms with van der Waals surface area (Å²) in [5.41, 5.74) is 0.818. The molecule has 1 atom stereocenters. The zero-order valence-corrected chi connectivity index (χ0v) is 9.11. The first-order valence-electron chi connectivity index (χ1n) is 4.92. The maximum Gasteiger partial charge on any atom is 0.359 e. The Labute approximate surface area is 88.0 Å². The van der Waals surface area contributed by atoms with Crippen molar-refractivity contribution in [2.75, 3.05) is 13.2 Å². The van der Waals surface area contributed by atoms with Crippen LogP contribution in [0.3, 0.4) is 0 Å². The molecule has 82 valence electrons. The fourth-order valence-electron chi connectivity index (χ4n) is 1.49. The molecule has 1 aromatic heterocycles. The van der Waals surface area contributed by atoms with Gasteiger partial charge in [-0.2, -0.15) is 5.10 Å². The average Bonchev–Trinajstić information content (AvgIpc) is 2.78. The number of aryl methyl sites for hydroxylation is 1. The Bertz CT molecular complexity index is 393. The second kappa shape index (κ2) is 3.34. The zero-order chi connectivity index (χ0) is 11.1. The number of rotatable bonds is 3. The number of carbonyl (C=O) groups excluding carboxylic acids is 1. The lowest BCUT2D eigenvalue weighted by atomic mass is 10.0. The van der Waals surface area contributed by atoms with Crippen molar-refractivity contribution in [3.8, 4) is 0 Å². The van der Waals surface area contributed by atoms with Gasteiger partial charge in [-0.25, -0.2) is 4.79 Å². The predicted molar refractivity (Wildman–Crippen MR) is 52.5 cm³/mol. The van der Waals surface area contributed by atoms with Gasteiger partial charge in [0.25, 0.3) is 0 Å². The molecule has 15 heavy (non-hydrogen) atoms. The molecule has 1 aliphatic heterocycles. The third-order valence-electron chi connectivity index (χ3n) is 2.44. The van der Waals surface area contributed by atoms with Crippen molar-refractivity contribution >= 4 is 5.97 Å². The summed E-state index contributed by atoms with van der Waals surface area (Å²) in [6, 6.07) is 0. The van der Waals surface area contributed by atoms with Gasteiger partial charge in [0.2, 0.25) is 0 Å². The van der Waals surface area contributed by atoms with E-state index in [0.717, 1.165) is 5.56 Å². The Morgan fingerprint density at radius 2 is 2.47 bits per heavy atom. The van der Waals surface area contributed by atoms with E-state index in [1.165, 1.54) is 0 Å². The molecule has 2 rings (SSSR count). The van der Waals surface area contributed by atoms with E-state index in [2.05, 4.69) is 5.10 Å². The number of hydrogen-bond donors (Lipinski definition) is 0. The van der Waals surface area contributed by atoms with Crippen LogP contribution in [0.25, 0.3) is 0 Å². The summed E-state index contributed by atoms with van der Waals surface area (Å²) in [5, 5.41) is 4.10. The summed E-state index contributed by atoms with van der Waals surface area (Å²) in [6.07, 6.45) is 1.80. The summed E-state index contributed by atoms with van der Waals surface area (Å²) in [6.45, 7) is 4.69. The van der Waals surface area contributed by atoms with Crippen LogP contribution in [0.2, 0.25) is 0 Å². The first-order chi connectivity index (χ1) is 7.07. The number of epoxide rings is 1. The van der Waals surface area contributed by atoms with Gasteiger partial charge in [0.1, 0.15) is 5.60 Å². The molecule has 0 radical (unpaired) electrons. The number of esters is 1. The monoisotopic (exact) mass is 210 g/mol. The molecular formula is C10H14N2O3. The van der Waals surface area contributed by atoms with Gasteiger partial charge >= 0.3 is 5.97 Å². The number of nitrogens with zero attached hydrogens (tertiary/aromatic N) is 2. The van der Waals surface area contributed by atoms with E-state index >= 15 is 0 Å². The standard InChI is InChI=1S/C10H14N2O3/c1-4-14-9(13)8-7(5-12(3)11-8)10(2)6-15-10/h5H,4,6H2,1-3H3. The van der Waals surface area contributed by atoms with Gasteiger partial charge in [-0.05, 0) is 13.8 Å². The van der Waals surface area contributed by atoms with Crippen molar-refractivity contribution in [3.63, 3.8) is 0 Å². The van der Waals surface area contributed by atoms with Crippen molar-refractivity contribution in [2.45, 2.75) is 19.4 Å². The van der Waals surface area contributed by atoms with Crippen LogP contribution in [-0.4, -0.2) is 29.0 Å². The van der Waals surface area contributed by atoms with Gasteiger partial charge in [-0.3, -0.25) is 4.68 Å². The minimum absolute atomic E-state index is 0.351. The molecule has 1 aromatic rings. The molecule has 0 amide bonds. The number of ether oxygens (including phenoxy) is 2. The molecule has 0 aliphatic carbocycles. The van der Waals surface area contributed by atoms with Crippen LogP contribution in [0.4, 0.5) is 0 Å². The van der Waals surface area contributed by atoms with Crippen LogP contribution in [0, 0.1) is 0 Å². The van der Waals surface area contributed by atoms with Gasteiger partial charge in [0, 0.05) is 18.8 Å². The quantitative estimate of drug-likeness (QED) is 0.548. The Kier molecular flexibility index (Phi) is 2.26. The first kappa shape index (κ1) is 10.2. The molecular weight excluding hydrogens is 196 g/mol. The Morgan fingerprint density at radius 1 is 1.80 bits per heavy atom. The second-order valence-electron chi connectivity index (χ2n) is 3.81. The highest BCUT2D eigenvalue weighted by Gasteiger charge is 2.45. The lowest BCUT2D eigenvalue weighted by molar-refractivity contribution is 0.0515. The zero-order valence-electron chi connectivity index (χ0n) is 9.11. The minimum Gasteiger partial charge on any atom is -0.461 e. The van der Waals surface area contributed by atoms with Crippen LogP contribution in [0.5, 0.6) is 0 Å². The van der Waals surface area contributed by atoms with E-state index in [-0.39, 0.29) is 11.6 Å². The highest BCUT2D eigenvalue weighted by molar-refractivity contribution is 5.89. The molecule has 0 aromatic carbocycles. The summed E-state index contributed by atoms with van der Waals surface area (Å²) in [7, 11) is 1.78. The highest BCUT2D eigenvalue weighted by atomic mass is 16.6.